The molecule has 0 spiro atoms. The Labute approximate surface area is 116 Å². The molecule has 2 rings (SSSR count). The Bertz CT molecular complexity index is 635. The van der Waals surface area contributed by atoms with Gasteiger partial charge in [0.1, 0.15) is 0 Å². The molecular weight excluding hydrogens is 256 g/mol. The van der Waals surface area contributed by atoms with Gasteiger partial charge in [-0.2, -0.15) is 0 Å². The van der Waals surface area contributed by atoms with Crippen molar-refractivity contribution in [2.75, 3.05) is 6.54 Å². The van der Waals surface area contributed by atoms with Crippen LogP contribution in [0.15, 0.2) is 36.5 Å². The van der Waals surface area contributed by atoms with Crippen LogP contribution >= 0.6 is 0 Å². The smallest absolute Gasteiger partial charge is 0.303 e. The highest BCUT2D eigenvalue weighted by molar-refractivity contribution is 6.05. The molecule has 1 unspecified atom stereocenters. The number of carboxylic acid groups (broad SMARTS) is 1. The first-order chi connectivity index (χ1) is 9.58. The largest absolute Gasteiger partial charge is 0.481 e. The molecule has 104 valence electrons. The van der Waals surface area contributed by atoms with Gasteiger partial charge in [0.2, 0.25) is 0 Å². The molecule has 1 aromatic heterocycles. The monoisotopic (exact) mass is 272 g/mol. The Morgan fingerprint density at radius 3 is 2.80 bits per heavy atom. The first-order valence-corrected chi connectivity index (χ1v) is 6.41. The highest BCUT2D eigenvalue weighted by Gasteiger charge is 2.12. The van der Waals surface area contributed by atoms with Crippen LogP contribution < -0.4 is 5.32 Å². The van der Waals surface area contributed by atoms with Crippen LogP contribution in [0.3, 0.4) is 0 Å². The van der Waals surface area contributed by atoms with Crippen LogP contribution in [-0.2, 0) is 4.79 Å². The van der Waals surface area contributed by atoms with E-state index in [0.717, 1.165) is 10.9 Å². The molecule has 2 N–H and O–H groups in total. The SMILES string of the molecule is CC(CNC(=O)c1ccnc2ccccc12)CC(=O)O. The van der Waals surface area contributed by atoms with Gasteiger partial charge in [-0.15, -0.1) is 0 Å². The normalized spacial score (nSPS) is 12.1. The van der Waals surface area contributed by atoms with Crippen molar-refractivity contribution in [1.82, 2.24) is 10.3 Å². The first-order valence-electron chi connectivity index (χ1n) is 6.41. The number of carbonyl (C=O) groups excluding carboxylic acids is 1. The summed E-state index contributed by atoms with van der Waals surface area (Å²) in [5.74, 6) is -1.17. The first kappa shape index (κ1) is 14.0. The number of nitrogens with one attached hydrogen (secondary N) is 1. The van der Waals surface area contributed by atoms with Crippen molar-refractivity contribution in [3.63, 3.8) is 0 Å². The lowest BCUT2D eigenvalue weighted by molar-refractivity contribution is -0.137. The summed E-state index contributed by atoms with van der Waals surface area (Å²) in [6.07, 6.45) is 1.63. The van der Waals surface area contributed by atoms with E-state index >= 15 is 0 Å². The van der Waals surface area contributed by atoms with E-state index in [1.807, 2.05) is 24.3 Å². The predicted octanol–water partition coefficient (Wildman–Crippen LogP) is 2.08. The van der Waals surface area contributed by atoms with E-state index in [-0.39, 0.29) is 18.2 Å². The average Bonchev–Trinajstić information content (AvgIpc) is 2.43. The van der Waals surface area contributed by atoms with Crippen LogP contribution in [0.4, 0.5) is 0 Å². The van der Waals surface area contributed by atoms with Gasteiger partial charge >= 0.3 is 5.97 Å². The minimum atomic E-state index is -0.860. The molecule has 5 heteroatoms. The molecule has 5 nitrogen and oxygen atoms in total. The summed E-state index contributed by atoms with van der Waals surface area (Å²) in [5.41, 5.74) is 1.32. The fraction of sp³-hybridized carbons (Fsp3) is 0.267. The number of fused-ring (bicyclic) bond motifs is 1. The maximum absolute atomic E-state index is 12.2. The van der Waals surface area contributed by atoms with Crippen molar-refractivity contribution in [3.8, 4) is 0 Å². The molecule has 1 heterocycles. The number of aliphatic carboxylic acids is 1. The van der Waals surface area contributed by atoms with Gasteiger partial charge in [-0.05, 0) is 18.1 Å². The molecule has 2 aromatic rings. The van der Waals surface area contributed by atoms with Crippen molar-refractivity contribution in [2.45, 2.75) is 13.3 Å². The van der Waals surface area contributed by atoms with Gasteiger partial charge in [-0.25, -0.2) is 0 Å². The number of hydrogen-bond donors (Lipinski definition) is 2. The second-order valence-electron chi connectivity index (χ2n) is 4.79. The lowest BCUT2D eigenvalue weighted by Gasteiger charge is -2.11. The molecule has 0 aliphatic heterocycles. The molecule has 0 aliphatic carbocycles. The molecule has 0 radical (unpaired) electrons. The number of carboxylic acids is 1. The third kappa shape index (κ3) is 3.32. The number of para-hydroxylation sites is 1. The lowest BCUT2D eigenvalue weighted by atomic mass is 10.1. The Morgan fingerprint density at radius 2 is 2.05 bits per heavy atom. The molecule has 1 amide bonds. The van der Waals surface area contributed by atoms with Crippen molar-refractivity contribution in [3.05, 3.63) is 42.1 Å². The second kappa shape index (κ2) is 6.14. The standard InChI is InChI=1S/C15H16N2O3/c1-10(8-14(18)19)9-17-15(20)12-6-7-16-13-5-3-2-4-11(12)13/h2-7,10H,8-9H2,1H3,(H,17,20)(H,18,19). The molecule has 0 saturated heterocycles. The van der Waals surface area contributed by atoms with E-state index in [9.17, 15) is 9.59 Å². The Hall–Kier alpha value is -2.43. The topological polar surface area (TPSA) is 79.3 Å². The number of pyridine rings is 1. The van der Waals surface area contributed by atoms with Crippen LogP contribution in [0.25, 0.3) is 10.9 Å². The summed E-state index contributed by atoms with van der Waals surface area (Å²) in [6.45, 7) is 2.13. The molecule has 20 heavy (non-hydrogen) atoms. The van der Waals surface area contributed by atoms with E-state index in [1.54, 1.807) is 19.2 Å². The van der Waals surface area contributed by atoms with Crippen LogP contribution in [0.2, 0.25) is 0 Å². The maximum atomic E-state index is 12.2. The average molecular weight is 272 g/mol. The molecule has 0 fully saturated rings. The Balaban J connectivity index is 2.10. The predicted molar refractivity (Wildman–Crippen MR) is 75.5 cm³/mol. The van der Waals surface area contributed by atoms with Crippen LogP contribution in [0.1, 0.15) is 23.7 Å². The van der Waals surface area contributed by atoms with Crippen molar-refractivity contribution < 1.29 is 14.7 Å². The van der Waals surface area contributed by atoms with Crippen LogP contribution in [0, 0.1) is 5.92 Å². The van der Waals surface area contributed by atoms with E-state index in [0.29, 0.717) is 12.1 Å². The number of amides is 1. The maximum Gasteiger partial charge on any atom is 0.303 e. The van der Waals surface area contributed by atoms with Crippen molar-refractivity contribution in [1.29, 1.82) is 0 Å². The van der Waals surface area contributed by atoms with E-state index in [1.165, 1.54) is 0 Å². The molecule has 0 bridgehead atoms. The molecule has 0 aliphatic rings. The zero-order valence-corrected chi connectivity index (χ0v) is 11.2. The van der Waals surface area contributed by atoms with Gasteiger partial charge in [0.05, 0.1) is 11.1 Å². The van der Waals surface area contributed by atoms with Gasteiger partial charge < -0.3 is 10.4 Å². The fourth-order valence-corrected chi connectivity index (χ4v) is 2.03. The quantitative estimate of drug-likeness (QED) is 0.873. The Kier molecular flexibility index (Phi) is 4.30. The summed E-state index contributed by atoms with van der Waals surface area (Å²) in [6, 6.07) is 9.08. The van der Waals surface area contributed by atoms with Crippen LogP contribution in [-0.4, -0.2) is 28.5 Å². The Morgan fingerprint density at radius 1 is 1.30 bits per heavy atom. The minimum Gasteiger partial charge on any atom is -0.481 e. The van der Waals surface area contributed by atoms with Crippen molar-refractivity contribution >= 4 is 22.8 Å². The third-order valence-electron chi connectivity index (χ3n) is 3.03. The van der Waals surface area contributed by atoms with Gasteiger partial charge in [0, 0.05) is 24.5 Å². The molecule has 0 saturated carbocycles. The summed E-state index contributed by atoms with van der Waals surface area (Å²) in [5, 5.41) is 12.2. The van der Waals surface area contributed by atoms with Crippen LogP contribution in [0.5, 0.6) is 0 Å². The second-order valence-corrected chi connectivity index (χ2v) is 4.79. The number of rotatable bonds is 5. The van der Waals surface area contributed by atoms with Crippen molar-refractivity contribution in [2.24, 2.45) is 5.92 Å². The number of nitrogens with zero attached hydrogens (tertiary/aromatic N) is 1. The van der Waals surface area contributed by atoms with Gasteiger partial charge in [0.25, 0.3) is 5.91 Å². The highest BCUT2D eigenvalue weighted by atomic mass is 16.4. The summed E-state index contributed by atoms with van der Waals surface area (Å²) < 4.78 is 0. The number of hydrogen-bond acceptors (Lipinski definition) is 3. The van der Waals surface area contributed by atoms with E-state index in [4.69, 9.17) is 5.11 Å². The van der Waals surface area contributed by atoms with Gasteiger partial charge in [0.15, 0.2) is 0 Å². The third-order valence-corrected chi connectivity index (χ3v) is 3.03. The fourth-order valence-electron chi connectivity index (χ4n) is 2.03. The summed E-state index contributed by atoms with van der Waals surface area (Å²) >= 11 is 0. The summed E-state index contributed by atoms with van der Waals surface area (Å²) in [4.78, 5) is 26.9. The number of carbonyl (C=O) groups is 2. The highest BCUT2D eigenvalue weighted by Crippen LogP contribution is 2.16. The van der Waals surface area contributed by atoms with Gasteiger partial charge in [-0.3, -0.25) is 14.6 Å². The van der Waals surface area contributed by atoms with E-state index < -0.39 is 5.97 Å². The van der Waals surface area contributed by atoms with E-state index in [2.05, 4.69) is 10.3 Å². The molecule has 1 aromatic carbocycles. The minimum absolute atomic E-state index is 0.0391. The molecular formula is C15H16N2O3. The number of aromatic nitrogens is 1. The lowest BCUT2D eigenvalue weighted by Crippen LogP contribution is -2.29. The van der Waals surface area contributed by atoms with Gasteiger partial charge in [-0.1, -0.05) is 25.1 Å². The number of benzene rings is 1. The zero-order chi connectivity index (χ0) is 14.5. The molecule has 1 atom stereocenters. The summed E-state index contributed by atoms with van der Waals surface area (Å²) in [7, 11) is 0. The zero-order valence-electron chi connectivity index (χ0n) is 11.2.